The minimum atomic E-state index is -0.155. The lowest BCUT2D eigenvalue weighted by molar-refractivity contribution is 0.0866. The van der Waals surface area contributed by atoms with Crippen LogP contribution in [-0.4, -0.2) is 25.9 Å². The second kappa shape index (κ2) is 6.22. The van der Waals surface area contributed by atoms with Crippen LogP contribution in [0.3, 0.4) is 0 Å². The predicted octanol–water partition coefficient (Wildman–Crippen LogP) is 3.13. The quantitative estimate of drug-likeness (QED) is 0.758. The van der Waals surface area contributed by atoms with Crippen LogP contribution in [0.25, 0.3) is 16.7 Å². The normalized spacial score (nSPS) is 22.2. The molecule has 3 heterocycles. The van der Waals surface area contributed by atoms with Crippen LogP contribution in [0.2, 0.25) is 0 Å². The van der Waals surface area contributed by atoms with Gasteiger partial charge in [0.05, 0.1) is 5.39 Å². The molecule has 0 radical (unpaired) electrons. The van der Waals surface area contributed by atoms with Crippen molar-refractivity contribution < 1.29 is 4.79 Å². The molecule has 3 aromatic rings. The van der Waals surface area contributed by atoms with Crippen molar-refractivity contribution in [3.8, 4) is 0 Å². The molecule has 1 N–H and O–H groups in total. The highest BCUT2D eigenvalue weighted by atomic mass is 16.2. The zero-order chi connectivity index (χ0) is 19.3. The molecule has 2 atom stereocenters. The monoisotopic (exact) mass is 366 g/mol. The van der Waals surface area contributed by atoms with E-state index < -0.39 is 0 Å². The molecular formula is C21H26N4O2. The van der Waals surface area contributed by atoms with Crippen LogP contribution < -0.4 is 10.9 Å². The number of nitrogens with one attached hydrogen (secondary N) is 1. The number of hydrogen-bond acceptors (Lipinski definition) is 3. The Hall–Kier alpha value is -2.63. The van der Waals surface area contributed by atoms with Crippen molar-refractivity contribution >= 4 is 22.6 Å². The summed E-state index contributed by atoms with van der Waals surface area (Å²) in [5.74, 6) is 0.446. The van der Waals surface area contributed by atoms with E-state index in [4.69, 9.17) is 0 Å². The molecule has 1 aliphatic carbocycles. The Morgan fingerprint density at radius 1 is 1.30 bits per heavy atom. The van der Waals surface area contributed by atoms with E-state index in [1.54, 1.807) is 36.0 Å². The van der Waals surface area contributed by atoms with Gasteiger partial charge in [-0.25, -0.2) is 4.98 Å². The average molecular weight is 366 g/mol. The summed E-state index contributed by atoms with van der Waals surface area (Å²) in [5.41, 5.74) is 1.66. The molecule has 4 rings (SSSR count). The molecule has 1 fully saturated rings. The molecule has 6 nitrogen and oxygen atoms in total. The van der Waals surface area contributed by atoms with Gasteiger partial charge in [0.25, 0.3) is 11.5 Å². The first-order valence-corrected chi connectivity index (χ1v) is 9.53. The van der Waals surface area contributed by atoms with Gasteiger partial charge in [-0.05, 0) is 48.8 Å². The van der Waals surface area contributed by atoms with E-state index in [0.29, 0.717) is 28.3 Å². The van der Waals surface area contributed by atoms with Crippen LogP contribution in [0.15, 0.2) is 35.3 Å². The third-order valence-corrected chi connectivity index (χ3v) is 5.66. The first kappa shape index (κ1) is 17.8. The number of aryl methyl sites for hydroxylation is 1. The second-order valence-corrected chi connectivity index (χ2v) is 8.76. The Labute approximate surface area is 158 Å². The summed E-state index contributed by atoms with van der Waals surface area (Å²) >= 11 is 0. The molecule has 142 valence electrons. The number of carbonyl (C=O) groups excluding carboxylic acids is 1. The van der Waals surface area contributed by atoms with Gasteiger partial charge in [-0.15, -0.1) is 0 Å². The molecule has 0 aromatic carbocycles. The Kier molecular flexibility index (Phi) is 4.09. The maximum atomic E-state index is 13.0. The Bertz CT molecular complexity index is 1090. The molecule has 1 saturated carbocycles. The fourth-order valence-corrected chi connectivity index (χ4v) is 4.75. The predicted molar refractivity (Wildman–Crippen MR) is 106 cm³/mol. The molecule has 1 aliphatic rings. The van der Waals surface area contributed by atoms with Crippen molar-refractivity contribution in [2.75, 3.05) is 0 Å². The molecule has 6 heteroatoms. The topological polar surface area (TPSA) is 68.4 Å². The van der Waals surface area contributed by atoms with Crippen LogP contribution in [0, 0.1) is 11.3 Å². The van der Waals surface area contributed by atoms with Crippen LogP contribution in [-0.2, 0) is 7.05 Å². The SMILES string of the molecule is C[C@H]1C[C@@H](NC(=O)c2cc3c(=O)n4ccccc4nc3n2C)CC(C)(C)C1. The van der Waals surface area contributed by atoms with Gasteiger partial charge in [0.2, 0.25) is 0 Å². The summed E-state index contributed by atoms with van der Waals surface area (Å²) in [6, 6.07) is 7.25. The lowest BCUT2D eigenvalue weighted by atomic mass is 9.70. The van der Waals surface area contributed by atoms with Crippen LogP contribution >= 0.6 is 0 Å². The number of aromatic nitrogens is 3. The van der Waals surface area contributed by atoms with Crippen molar-refractivity contribution in [1.82, 2.24) is 19.3 Å². The second-order valence-electron chi connectivity index (χ2n) is 8.76. The van der Waals surface area contributed by atoms with Gasteiger partial charge in [-0.2, -0.15) is 0 Å². The third-order valence-electron chi connectivity index (χ3n) is 5.66. The summed E-state index contributed by atoms with van der Waals surface area (Å²) < 4.78 is 3.23. The minimum absolute atomic E-state index is 0.140. The van der Waals surface area contributed by atoms with E-state index in [9.17, 15) is 9.59 Å². The number of carbonyl (C=O) groups is 1. The molecule has 0 unspecified atom stereocenters. The molecule has 1 amide bonds. The maximum absolute atomic E-state index is 13.0. The molecular weight excluding hydrogens is 340 g/mol. The van der Waals surface area contributed by atoms with E-state index in [-0.39, 0.29) is 22.9 Å². The molecule has 0 saturated heterocycles. The number of nitrogens with zero attached hydrogens (tertiary/aromatic N) is 3. The van der Waals surface area contributed by atoms with Crippen molar-refractivity contribution in [2.45, 2.75) is 46.1 Å². The zero-order valence-corrected chi connectivity index (χ0v) is 16.3. The number of amides is 1. The highest BCUT2D eigenvalue weighted by Crippen LogP contribution is 2.38. The molecule has 27 heavy (non-hydrogen) atoms. The number of pyridine rings is 1. The van der Waals surface area contributed by atoms with E-state index in [1.807, 2.05) is 6.07 Å². The summed E-state index contributed by atoms with van der Waals surface area (Å²) in [4.78, 5) is 30.3. The van der Waals surface area contributed by atoms with E-state index in [2.05, 4.69) is 31.1 Å². The Balaban J connectivity index is 1.70. The van der Waals surface area contributed by atoms with Crippen molar-refractivity contribution in [3.63, 3.8) is 0 Å². The molecule has 3 aromatic heterocycles. The standard InChI is InChI=1S/C21H26N4O2/c1-13-9-14(12-21(2,3)11-13)22-19(26)16-10-15-18(24(16)4)23-17-7-5-6-8-25(17)20(15)27/h5-8,10,13-14H,9,11-12H2,1-4H3,(H,22,26)/t13-,14+/m0/s1. The lowest BCUT2D eigenvalue weighted by Gasteiger charge is -2.39. The largest absolute Gasteiger partial charge is 0.348 e. The van der Waals surface area contributed by atoms with Gasteiger partial charge in [-0.1, -0.05) is 26.8 Å². The summed E-state index contributed by atoms with van der Waals surface area (Å²) in [7, 11) is 1.79. The van der Waals surface area contributed by atoms with Crippen LogP contribution in [0.4, 0.5) is 0 Å². The summed E-state index contributed by atoms with van der Waals surface area (Å²) in [6.45, 7) is 6.76. The van der Waals surface area contributed by atoms with Gasteiger partial charge >= 0.3 is 0 Å². The minimum Gasteiger partial charge on any atom is -0.348 e. The van der Waals surface area contributed by atoms with Crippen molar-refractivity contribution in [1.29, 1.82) is 0 Å². The Morgan fingerprint density at radius 2 is 2.07 bits per heavy atom. The lowest BCUT2D eigenvalue weighted by Crippen LogP contribution is -2.43. The fourth-order valence-electron chi connectivity index (χ4n) is 4.75. The Morgan fingerprint density at radius 3 is 2.81 bits per heavy atom. The van der Waals surface area contributed by atoms with Gasteiger partial charge < -0.3 is 9.88 Å². The molecule has 0 spiro atoms. The van der Waals surface area contributed by atoms with Gasteiger partial charge in [0.1, 0.15) is 17.0 Å². The number of hydrogen-bond donors (Lipinski definition) is 1. The average Bonchev–Trinajstić information content (AvgIpc) is 2.91. The van der Waals surface area contributed by atoms with Crippen LogP contribution in [0.5, 0.6) is 0 Å². The third kappa shape index (κ3) is 3.13. The summed E-state index contributed by atoms with van der Waals surface area (Å²) in [6.07, 6.45) is 4.84. The smallest absolute Gasteiger partial charge is 0.268 e. The van der Waals surface area contributed by atoms with E-state index in [1.165, 1.54) is 10.8 Å². The fraction of sp³-hybridized carbons (Fsp3) is 0.476. The van der Waals surface area contributed by atoms with Gasteiger partial charge in [0, 0.05) is 19.3 Å². The number of fused-ring (bicyclic) bond motifs is 2. The number of rotatable bonds is 2. The van der Waals surface area contributed by atoms with Crippen molar-refractivity contribution in [2.24, 2.45) is 18.4 Å². The van der Waals surface area contributed by atoms with Gasteiger partial charge in [-0.3, -0.25) is 14.0 Å². The van der Waals surface area contributed by atoms with Gasteiger partial charge in [0.15, 0.2) is 0 Å². The zero-order valence-electron chi connectivity index (χ0n) is 16.3. The maximum Gasteiger partial charge on any atom is 0.268 e. The molecule has 0 aliphatic heterocycles. The van der Waals surface area contributed by atoms with E-state index in [0.717, 1.165) is 12.8 Å². The highest BCUT2D eigenvalue weighted by Gasteiger charge is 2.33. The summed E-state index contributed by atoms with van der Waals surface area (Å²) in [5, 5.41) is 3.65. The van der Waals surface area contributed by atoms with Crippen LogP contribution in [0.1, 0.15) is 50.5 Å². The first-order valence-electron chi connectivity index (χ1n) is 9.53. The van der Waals surface area contributed by atoms with E-state index >= 15 is 0 Å². The molecule has 0 bridgehead atoms. The van der Waals surface area contributed by atoms with Crippen molar-refractivity contribution in [3.05, 3.63) is 46.5 Å². The highest BCUT2D eigenvalue weighted by molar-refractivity contribution is 5.98. The first-order chi connectivity index (χ1) is 12.7.